The molecular formula is C15H17N3O4. The average Bonchev–Trinajstić information content (AvgIpc) is 2.88. The number of nitrogens with zero attached hydrogens (tertiary/aromatic N) is 3. The minimum atomic E-state index is -0.960. The first-order valence-corrected chi connectivity index (χ1v) is 6.31. The van der Waals surface area contributed by atoms with Gasteiger partial charge in [0, 0.05) is 19.2 Å². The third-order valence-corrected chi connectivity index (χ3v) is 2.85. The van der Waals surface area contributed by atoms with Crippen molar-refractivity contribution in [2.24, 2.45) is 7.05 Å². The Labute approximate surface area is 127 Å². The zero-order valence-electron chi connectivity index (χ0n) is 12.6. The highest BCUT2D eigenvalue weighted by atomic mass is 16.5. The number of methoxy groups -OCH3 is 1. The van der Waals surface area contributed by atoms with Crippen LogP contribution in [0.1, 0.15) is 11.1 Å². The van der Waals surface area contributed by atoms with E-state index >= 15 is 0 Å². The van der Waals surface area contributed by atoms with Crippen molar-refractivity contribution in [3.8, 4) is 0 Å². The first-order chi connectivity index (χ1) is 10.4. The number of fused-ring (bicyclic) bond motifs is 1. The molecule has 0 spiro atoms. The van der Waals surface area contributed by atoms with E-state index in [9.17, 15) is 9.59 Å². The van der Waals surface area contributed by atoms with Gasteiger partial charge >= 0.3 is 11.9 Å². The molecule has 7 nitrogen and oxygen atoms in total. The molecule has 1 heterocycles. The number of aliphatic carboxylic acids is 1. The normalized spacial score (nSPS) is 10.1. The van der Waals surface area contributed by atoms with Gasteiger partial charge in [-0.25, -0.2) is 14.3 Å². The second-order valence-electron chi connectivity index (χ2n) is 4.26. The van der Waals surface area contributed by atoms with E-state index in [4.69, 9.17) is 5.11 Å². The number of benzene rings is 1. The van der Waals surface area contributed by atoms with Crippen molar-refractivity contribution >= 4 is 29.0 Å². The van der Waals surface area contributed by atoms with Crippen LogP contribution in [0.3, 0.4) is 0 Å². The highest BCUT2D eigenvalue weighted by Crippen LogP contribution is 2.19. The lowest BCUT2D eigenvalue weighted by atomic mass is 10.1. The zero-order valence-corrected chi connectivity index (χ0v) is 12.6. The summed E-state index contributed by atoms with van der Waals surface area (Å²) in [6, 6.07) is 3.74. The first-order valence-electron chi connectivity index (χ1n) is 6.31. The van der Waals surface area contributed by atoms with E-state index in [1.807, 2.05) is 26.1 Å². The summed E-state index contributed by atoms with van der Waals surface area (Å²) in [4.78, 5) is 20.3. The van der Waals surface area contributed by atoms with Crippen molar-refractivity contribution in [1.82, 2.24) is 15.0 Å². The molecule has 22 heavy (non-hydrogen) atoms. The van der Waals surface area contributed by atoms with Crippen molar-refractivity contribution in [3.05, 3.63) is 42.0 Å². The zero-order chi connectivity index (χ0) is 16.7. The van der Waals surface area contributed by atoms with Gasteiger partial charge in [0.05, 0.1) is 12.6 Å². The average molecular weight is 303 g/mol. The molecule has 1 N–H and O–H groups in total. The SMILES string of the molecule is C=CC(=O)OC.Cc1c(/C=C/C(=O)O)ccc2c1nnn2C. The van der Waals surface area contributed by atoms with Gasteiger partial charge in [-0.15, -0.1) is 5.10 Å². The van der Waals surface area contributed by atoms with Crippen molar-refractivity contribution < 1.29 is 19.4 Å². The Kier molecular flexibility index (Phi) is 6.00. The molecule has 0 atom stereocenters. The molecule has 0 aliphatic carbocycles. The van der Waals surface area contributed by atoms with Crippen LogP contribution in [0.2, 0.25) is 0 Å². The number of carbonyl (C=O) groups is 2. The van der Waals surface area contributed by atoms with Crippen molar-refractivity contribution in [2.45, 2.75) is 6.92 Å². The topological polar surface area (TPSA) is 94.3 Å². The minimum absolute atomic E-state index is 0.394. The highest BCUT2D eigenvalue weighted by Gasteiger charge is 2.06. The standard InChI is InChI=1S/C11H11N3O2.C4H6O2/c1-7-8(4-6-10(15)16)3-5-9-11(7)12-13-14(9)2;1-3-4(5)6-2/h3-6H,1-2H3,(H,15,16);3H,1H2,2H3/b6-4+;. The van der Waals surface area contributed by atoms with Crippen LogP contribution >= 0.6 is 0 Å². The molecule has 0 saturated heterocycles. The molecule has 0 aliphatic rings. The monoisotopic (exact) mass is 303 g/mol. The van der Waals surface area contributed by atoms with Crippen molar-refractivity contribution in [1.29, 1.82) is 0 Å². The van der Waals surface area contributed by atoms with E-state index < -0.39 is 11.9 Å². The highest BCUT2D eigenvalue weighted by molar-refractivity contribution is 5.88. The van der Waals surface area contributed by atoms with Gasteiger partial charge in [-0.3, -0.25) is 0 Å². The molecule has 116 valence electrons. The van der Waals surface area contributed by atoms with Gasteiger partial charge in [-0.05, 0) is 30.2 Å². The molecule has 0 unspecified atom stereocenters. The lowest BCUT2D eigenvalue weighted by molar-refractivity contribution is -0.135. The fourth-order valence-corrected chi connectivity index (χ4v) is 1.67. The largest absolute Gasteiger partial charge is 0.478 e. The Morgan fingerprint density at radius 2 is 2.09 bits per heavy atom. The fourth-order valence-electron chi connectivity index (χ4n) is 1.67. The molecule has 0 fully saturated rings. The van der Waals surface area contributed by atoms with E-state index in [1.54, 1.807) is 10.8 Å². The summed E-state index contributed by atoms with van der Waals surface area (Å²) in [5.74, 6) is -1.35. The number of carbonyl (C=O) groups excluding carboxylic acids is 1. The predicted molar refractivity (Wildman–Crippen MR) is 82.1 cm³/mol. The van der Waals surface area contributed by atoms with E-state index in [2.05, 4.69) is 21.6 Å². The molecule has 1 aromatic heterocycles. The number of carboxylic acids is 1. The number of aryl methyl sites for hydroxylation is 2. The second-order valence-corrected chi connectivity index (χ2v) is 4.26. The molecule has 2 aromatic rings. The summed E-state index contributed by atoms with van der Waals surface area (Å²) in [5.41, 5.74) is 3.51. The number of carboxylic acid groups (broad SMARTS) is 1. The van der Waals surface area contributed by atoms with Crippen molar-refractivity contribution in [2.75, 3.05) is 7.11 Å². The van der Waals surface area contributed by atoms with E-state index in [0.717, 1.165) is 34.3 Å². The quantitative estimate of drug-likeness (QED) is 0.685. The summed E-state index contributed by atoms with van der Waals surface area (Å²) in [7, 11) is 3.13. The van der Waals surface area contributed by atoms with Gasteiger partial charge in [0.15, 0.2) is 0 Å². The number of aromatic nitrogens is 3. The smallest absolute Gasteiger partial charge is 0.329 e. The second kappa shape index (κ2) is 7.72. The van der Waals surface area contributed by atoms with Crippen LogP contribution in [0.25, 0.3) is 17.1 Å². The summed E-state index contributed by atoms with van der Waals surface area (Å²) in [6.07, 6.45) is 3.79. The van der Waals surface area contributed by atoms with Gasteiger partial charge < -0.3 is 9.84 Å². The Balaban J connectivity index is 0.000000346. The van der Waals surface area contributed by atoms with Crippen LogP contribution < -0.4 is 0 Å². The minimum Gasteiger partial charge on any atom is -0.478 e. The molecule has 2 rings (SSSR count). The lowest BCUT2D eigenvalue weighted by Crippen LogP contribution is -1.91. The Morgan fingerprint density at radius 1 is 1.41 bits per heavy atom. The Bertz CT molecular complexity index is 732. The molecule has 0 amide bonds. The number of ether oxygens (including phenoxy) is 1. The third-order valence-electron chi connectivity index (χ3n) is 2.85. The van der Waals surface area contributed by atoms with E-state index in [-0.39, 0.29) is 0 Å². The van der Waals surface area contributed by atoms with Gasteiger partial charge in [-0.1, -0.05) is 17.9 Å². The van der Waals surface area contributed by atoms with Gasteiger partial charge in [-0.2, -0.15) is 0 Å². The van der Waals surface area contributed by atoms with E-state index in [1.165, 1.54) is 7.11 Å². The molecule has 0 aliphatic heterocycles. The number of hydrogen-bond donors (Lipinski definition) is 1. The van der Waals surface area contributed by atoms with E-state index in [0.29, 0.717) is 0 Å². The number of rotatable bonds is 3. The molecule has 0 radical (unpaired) electrons. The van der Waals surface area contributed by atoms with Gasteiger partial charge in [0.25, 0.3) is 0 Å². The molecule has 0 bridgehead atoms. The summed E-state index contributed by atoms with van der Waals surface area (Å²) < 4.78 is 5.83. The summed E-state index contributed by atoms with van der Waals surface area (Å²) in [5, 5.41) is 16.5. The lowest BCUT2D eigenvalue weighted by Gasteiger charge is -2.00. The number of esters is 1. The fraction of sp³-hybridized carbons (Fsp3) is 0.200. The maximum atomic E-state index is 10.4. The maximum absolute atomic E-state index is 10.4. The number of hydrogen-bond acceptors (Lipinski definition) is 5. The van der Waals surface area contributed by atoms with Crippen molar-refractivity contribution in [3.63, 3.8) is 0 Å². The summed E-state index contributed by atoms with van der Waals surface area (Å²) >= 11 is 0. The van der Waals surface area contributed by atoms with Crippen LogP contribution in [0.4, 0.5) is 0 Å². The molecular weight excluding hydrogens is 286 g/mol. The first kappa shape index (κ1) is 17.1. The van der Waals surface area contributed by atoms with Gasteiger partial charge in [0.1, 0.15) is 5.52 Å². The molecule has 1 aromatic carbocycles. The summed E-state index contributed by atoms with van der Waals surface area (Å²) in [6.45, 7) is 5.06. The van der Waals surface area contributed by atoms with Crippen LogP contribution in [-0.4, -0.2) is 39.1 Å². The molecule has 0 saturated carbocycles. The third kappa shape index (κ3) is 4.27. The van der Waals surface area contributed by atoms with Gasteiger partial charge in [0.2, 0.25) is 0 Å². The van der Waals surface area contributed by atoms with Crippen LogP contribution in [-0.2, 0) is 21.4 Å². The van der Waals surface area contributed by atoms with Crippen LogP contribution in [0.15, 0.2) is 30.9 Å². The Hall–Kier alpha value is -2.96. The molecule has 7 heteroatoms. The Morgan fingerprint density at radius 3 is 2.59 bits per heavy atom. The van der Waals surface area contributed by atoms with Crippen LogP contribution in [0, 0.1) is 6.92 Å². The van der Waals surface area contributed by atoms with Crippen LogP contribution in [0.5, 0.6) is 0 Å². The maximum Gasteiger partial charge on any atom is 0.329 e. The predicted octanol–water partition coefficient (Wildman–Crippen LogP) is 1.72.